The van der Waals surface area contributed by atoms with Crippen LogP contribution >= 0.6 is 11.3 Å². The largest absolute Gasteiger partial charge is 0.481 e. The van der Waals surface area contributed by atoms with E-state index in [0.717, 1.165) is 31.4 Å². The van der Waals surface area contributed by atoms with E-state index < -0.39 is 5.97 Å². The first kappa shape index (κ1) is 14.2. The molecule has 3 rings (SSSR count). The van der Waals surface area contributed by atoms with Gasteiger partial charge < -0.3 is 9.63 Å². The van der Waals surface area contributed by atoms with Crippen molar-refractivity contribution in [3.63, 3.8) is 0 Å². The number of thiophene rings is 1. The summed E-state index contributed by atoms with van der Waals surface area (Å²) in [5.41, 5.74) is 0.930. The summed E-state index contributed by atoms with van der Waals surface area (Å²) in [7, 11) is 0. The zero-order valence-electron chi connectivity index (χ0n) is 11.6. The number of carboxylic acids is 1. The third-order valence-electron chi connectivity index (χ3n) is 3.74. The molecule has 0 amide bonds. The summed E-state index contributed by atoms with van der Waals surface area (Å²) in [6, 6.07) is 2.01. The zero-order chi connectivity index (χ0) is 14.7. The van der Waals surface area contributed by atoms with E-state index in [1.165, 1.54) is 0 Å². The van der Waals surface area contributed by atoms with Crippen LogP contribution in [0.15, 0.2) is 21.3 Å². The Labute approximate surface area is 126 Å². The molecule has 0 spiro atoms. The Kier molecular flexibility index (Phi) is 4.31. The Bertz CT molecular complexity index is 596. The number of hydrogen-bond acceptors (Lipinski definition) is 6. The Balaban J connectivity index is 1.68. The van der Waals surface area contributed by atoms with Gasteiger partial charge in [0.05, 0.1) is 18.5 Å². The number of hydrogen-bond donors (Lipinski definition) is 1. The van der Waals surface area contributed by atoms with Crippen LogP contribution in [-0.2, 0) is 11.3 Å². The van der Waals surface area contributed by atoms with E-state index in [0.29, 0.717) is 18.3 Å². The van der Waals surface area contributed by atoms with Crippen molar-refractivity contribution in [2.45, 2.75) is 38.3 Å². The quantitative estimate of drug-likeness (QED) is 0.914. The van der Waals surface area contributed by atoms with Gasteiger partial charge in [0.15, 0.2) is 5.82 Å². The molecule has 0 aromatic carbocycles. The first-order valence-corrected chi connectivity index (χ1v) is 7.97. The predicted octanol–water partition coefficient (Wildman–Crippen LogP) is 2.63. The van der Waals surface area contributed by atoms with E-state index in [4.69, 9.17) is 9.63 Å². The maximum Gasteiger partial charge on any atom is 0.304 e. The van der Waals surface area contributed by atoms with Gasteiger partial charge in [0, 0.05) is 11.4 Å². The van der Waals surface area contributed by atoms with E-state index in [-0.39, 0.29) is 12.5 Å². The smallest absolute Gasteiger partial charge is 0.304 e. The van der Waals surface area contributed by atoms with Crippen molar-refractivity contribution in [1.29, 1.82) is 0 Å². The number of carboxylic acid groups (broad SMARTS) is 1. The van der Waals surface area contributed by atoms with Crippen molar-refractivity contribution in [3.8, 4) is 11.5 Å². The summed E-state index contributed by atoms with van der Waals surface area (Å²) < 4.78 is 5.27. The summed E-state index contributed by atoms with van der Waals surface area (Å²) in [6.45, 7) is 1.44. The van der Waals surface area contributed by atoms with Gasteiger partial charge in [-0.3, -0.25) is 9.69 Å². The maximum absolute atomic E-state index is 10.9. The lowest BCUT2D eigenvalue weighted by molar-refractivity contribution is -0.138. The SMILES string of the molecule is O=C(O)CC1CCCCN1Cc1noc(-c2ccsc2)n1. The van der Waals surface area contributed by atoms with E-state index in [1.807, 2.05) is 16.8 Å². The molecular weight excluding hydrogens is 290 g/mol. The summed E-state index contributed by atoms with van der Waals surface area (Å²) in [5, 5.41) is 16.9. The molecule has 0 bridgehead atoms. The molecule has 1 saturated heterocycles. The molecule has 1 N–H and O–H groups in total. The molecular formula is C14H17N3O3S. The molecule has 21 heavy (non-hydrogen) atoms. The summed E-state index contributed by atoms with van der Waals surface area (Å²) in [4.78, 5) is 17.5. The molecule has 1 aliphatic heterocycles. The number of carbonyl (C=O) groups is 1. The van der Waals surface area contributed by atoms with Crippen LogP contribution in [0.5, 0.6) is 0 Å². The highest BCUT2D eigenvalue weighted by Crippen LogP contribution is 2.23. The molecule has 6 nitrogen and oxygen atoms in total. The average Bonchev–Trinajstić information content (AvgIpc) is 3.11. The van der Waals surface area contributed by atoms with Crippen LogP contribution in [0.4, 0.5) is 0 Å². The summed E-state index contributed by atoms with van der Waals surface area (Å²) >= 11 is 1.58. The fraction of sp³-hybridized carbons (Fsp3) is 0.500. The van der Waals surface area contributed by atoms with Gasteiger partial charge in [-0.25, -0.2) is 0 Å². The van der Waals surface area contributed by atoms with Crippen LogP contribution in [0.25, 0.3) is 11.5 Å². The number of aliphatic carboxylic acids is 1. The molecule has 0 aliphatic carbocycles. The second-order valence-electron chi connectivity index (χ2n) is 5.25. The molecule has 1 unspecified atom stereocenters. The molecule has 0 saturated carbocycles. The lowest BCUT2D eigenvalue weighted by atomic mass is 9.99. The van der Waals surface area contributed by atoms with Crippen molar-refractivity contribution < 1.29 is 14.4 Å². The van der Waals surface area contributed by atoms with E-state index in [2.05, 4.69) is 15.0 Å². The Morgan fingerprint density at radius 2 is 2.43 bits per heavy atom. The standard InChI is InChI=1S/C14H17N3O3S/c18-13(19)7-11-3-1-2-5-17(11)8-12-15-14(20-16-12)10-4-6-21-9-10/h4,6,9,11H,1-3,5,7-8H2,(H,18,19). The lowest BCUT2D eigenvalue weighted by Crippen LogP contribution is -2.40. The van der Waals surface area contributed by atoms with E-state index in [1.54, 1.807) is 11.3 Å². The first-order valence-electron chi connectivity index (χ1n) is 7.03. The molecule has 2 aromatic rings. The predicted molar refractivity (Wildman–Crippen MR) is 77.9 cm³/mol. The van der Waals surface area contributed by atoms with Gasteiger partial charge in [0.2, 0.25) is 0 Å². The topological polar surface area (TPSA) is 79.5 Å². The third kappa shape index (κ3) is 3.48. The molecule has 1 atom stereocenters. The van der Waals surface area contributed by atoms with Crippen LogP contribution in [0, 0.1) is 0 Å². The average molecular weight is 307 g/mol. The van der Waals surface area contributed by atoms with Crippen molar-refractivity contribution in [1.82, 2.24) is 15.0 Å². The Morgan fingerprint density at radius 1 is 1.52 bits per heavy atom. The molecule has 3 heterocycles. The van der Waals surface area contributed by atoms with Crippen LogP contribution in [-0.4, -0.2) is 38.7 Å². The van der Waals surface area contributed by atoms with E-state index in [9.17, 15) is 4.79 Å². The van der Waals surface area contributed by atoms with E-state index >= 15 is 0 Å². The monoisotopic (exact) mass is 307 g/mol. The van der Waals surface area contributed by atoms with Crippen LogP contribution in [0.1, 0.15) is 31.5 Å². The zero-order valence-corrected chi connectivity index (χ0v) is 12.4. The van der Waals surface area contributed by atoms with Gasteiger partial charge in [0.1, 0.15) is 0 Å². The van der Waals surface area contributed by atoms with Crippen LogP contribution < -0.4 is 0 Å². The van der Waals surface area contributed by atoms with Crippen molar-refractivity contribution in [3.05, 3.63) is 22.7 Å². The van der Waals surface area contributed by atoms with Gasteiger partial charge >= 0.3 is 5.97 Å². The minimum Gasteiger partial charge on any atom is -0.481 e. The van der Waals surface area contributed by atoms with Gasteiger partial charge in [-0.1, -0.05) is 11.6 Å². The Hall–Kier alpha value is -1.73. The highest BCUT2D eigenvalue weighted by atomic mass is 32.1. The van der Waals surface area contributed by atoms with Gasteiger partial charge in [-0.2, -0.15) is 16.3 Å². The molecule has 1 aliphatic rings. The molecule has 0 radical (unpaired) electrons. The Morgan fingerprint density at radius 3 is 3.19 bits per heavy atom. The number of nitrogens with zero attached hydrogens (tertiary/aromatic N) is 3. The number of aromatic nitrogens is 2. The second-order valence-corrected chi connectivity index (χ2v) is 6.03. The first-order chi connectivity index (χ1) is 10.2. The summed E-state index contributed by atoms with van der Waals surface area (Å²) in [6.07, 6.45) is 3.27. The van der Waals surface area contributed by atoms with Crippen molar-refractivity contribution in [2.24, 2.45) is 0 Å². The van der Waals surface area contributed by atoms with Crippen molar-refractivity contribution >= 4 is 17.3 Å². The van der Waals surface area contributed by atoms with Crippen LogP contribution in [0.3, 0.4) is 0 Å². The fourth-order valence-corrected chi connectivity index (χ4v) is 3.33. The highest BCUT2D eigenvalue weighted by molar-refractivity contribution is 7.08. The summed E-state index contributed by atoms with van der Waals surface area (Å²) in [5.74, 6) is 0.394. The molecule has 7 heteroatoms. The number of rotatable bonds is 5. The minimum atomic E-state index is -0.751. The number of piperidine rings is 1. The maximum atomic E-state index is 10.9. The van der Waals surface area contributed by atoms with Crippen LogP contribution in [0.2, 0.25) is 0 Å². The normalized spacial score (nSPS) is 19.7. The lowest BCUT2D eigenvalue weighted by Gasteiger charge is -2.33. The van der Waals surface area contributed by atoms with Gasteiger partial charge in [-0.15, -0.1) is 0 Å². The van der Waals surface area contributed by atoms with Gasteiger partial charge in [0.25, 0.3) is 5.89 Å². The minimum absolute atomic E-state index is 0.0688. The third-order valence-corrected chi connectivity index (χ3v) is 4.42. The number of likely N-dealkylation sites (tertiary alicyclic amines) is 1. The fourth-order valence-electron chi connectivity index (χ4n) is 2.70. The molecule has 2 aromatic heterocycles. The molecule has 1 fully saturated rings. The second kappa shape index (κ2) is 6.36. The molecule has 112 valence electrons. The van der Waals surface area contributed by atoms with Gasteiger partial charge in [-0.05, 0) is 30.8 Å². The highest BCUT2D eigenvalue weighted by Gasteiger charge is 2.26. The van der Waals surface area contributed by atoms with Crippen molar-refractivity contribution in [2.75, 3.05) is 6.54 Å².